The number of aryl methyl sites for hydroxylation is 1. The molecule has 1 heterocycles. The Balaban J connectivity index is 2.10. The third-order valence-electron chi connectivity index (χ3n) is 4.23. The van der Waals surface area contributed by atoms with Gasteiger partial charge in [0.05, 0.1) is 12.7 Å². The zero-order valence-corrected chi connectivity index (χ0v) is 12.8. The van der Waals surface area contributed by atoms with Gasteiger partial charge in [0.2, 0.25) is 0 Å². The Morgan fingerprint density at radius 1 is 1.45 bits per heavy atom. The van der Waals surface area contributed by atoms with Gasteiger partial charge in [0.25, 0.3) is 0 Å². The van der Waals surface area contributed by atoms with E-state index in [-0.39, 0.29) is 5.97 Å². The zero-order valence-electron chi connectivity index (χ0n) is 12.8. The molecule has 0 radical (unpaired) electrons. The van der Waals surface area contributed by atoms with Crippen LogP contribution in [-0.2, 0) is 4.74 Å². The van der Waals surface area contributed by atoms with Crippen molar-refractivity contribution in [3.63, 3.8) is 0 Å². The Hall–Kier alpha value is -1.55. The van der Waals surface area contributed by atoms with Crippen LogP contribution < -0.4 is 5.32 Å². The fourth-order valence-electron chi connectivity index (χ4n) is 2.66. The maximum absolute atomic E-state index is 11.6. The fraction of sp³-hybridized carbons (Fsp3) is 0.562. The van der Waals surface area contributed by atoms with Crippen LogP contribution in [0.3, 0.4) is 0 Å². The molecule has 4 heteroatoms. The number of hydrogen-bond donors (Lipinski definition) is 1. The molecule has 1 saturated heterocycles. The summed E-state index contributed by atoms with van der Waals surface area (Å²) in [5, 5.41) is 3.59. The van der Waals surface area contributed by atoms with Crippen molar-refractivity contribution in [2.45, 2.75) is 38.8 Å². The molecule has 0 saturated carbocycles. The highest BCUT2D eigenvalue weighted by molar-refractivity contribution is 5.90. The summed E-state index contributed by atoms with van der Waals surface area (Å²) in [5.74, 6) is -0.287. The number of hydrogen-bond acceptors (Lipinski definition) is 4. The van der Waals surface area contributed by atoms with Crippen LogP contribution in [0.25, 0.3) is 0 Å². The van der Waals surface area contributed by atoms with Crippen LogP contribution in [0.4, 0.5) is 5.69 Å². The van der Waals surface area contributed by atoms with Crippen LogP contribution in [0.1, 0.15) is 35.7 Å². The molecular weight excluding hydrogens is 252 g/mol. The Morgan fingerprint density at radius 2 is 2.20 bits per heavy atom. The lowest BCUT2D eigenvalue weighted by Crippen LogP contribution is -2.42. The van der Waals surface area contributed by atoms with Gasteiger partial charge >= 0.3 is 5.97 Å². The van der Waals surface area contributed by atoms with Crippen LogP contribution in [0.2, 0.25) is 0 Å². The summed E-state index contributed by atoms with van der Waals surface area (Å²) >= 11 is 0. The maximum Gasteiger partial charge on any atom is 0.337 e. The van der Waals surface area contributed by atoms with Gasteiger partial charge in [-0.05, 0) is 51.4 Å². The second-order valence-corrected chi connectivity index (χ2v) is 5.72. The van der Waals surface area contributed by atoms with E-state index in [0.717, 1.165) is 30.6 Å². The third kappa shape index (κ3) is 3.31. The lowest BCUT2D eigenvalue weighted by Gasteiger charge is -2.36. The molecule has 1 aromatic carbocycles. The molecule has 1 aliphatic rings. The molecule has 1 aromatic rings. The number of nitrogens with one attached hydrogen (secondary N) is 1. The molecule has 0 bridgehead atoms. The number of rotatable bonds is 3. The van der Waals surface area contributed by atoms with Gasteiger partial charge in [0.15, 0.2) is 0 Å². The highest BCUT2D eigenvalue weighted by atomic mass is 16.5. The molecule has 1 N–H and O–H groups in total. The average molecular weight is 276 g/mol. The lowest BCUT2D eigenvalue weighted by atomic mass is 9.98. The Morgan fingerprint density at radius 3 is 2.85 bits per heavy atom. The van der Waals surface area contributed by atoms with Gasteiger partial charge in [-0.3, -0.25) is 0 Å². The molecule has 4 nitrogen and oxygen atoms in total. The van der Waals surface area contributed by atoms with E-state index in [4.69, 9.17) is 4.74 Å². The van der Waals surface area contributed by atoms with Crippen molar-refractivity contribution < 1.29 is 9.53 Å². The first-order chi connectivity index (χ1) is 9.51. The number of likely N-dealkylation sites (tertiary alicyclic amines) is 1. The number of benzene rings is 1. The average Bonchev–Trinajstić information content (AvgIpc) is 2.44. The number of esters is 1. The second-order valence-electron chi connectivity index (χ2n) is 5.72. The third-order valence-corrected chi connectivity index (χ3v) is 4.23. The second kappa shape index (κ2) is 6.27. The number of carbonyl (C=O) groups excluding carboxylic acids is 1. The number of anilines is 1. The number of piperidine rings is 1. The van der Waals surface area contributed by atoms with Crippen molar-refractivity contribution >= 4 is 11.7 Å². The molecule has 0 amide bonds. The Labute approximate surface area is 121 Å². The summed E-state index contributed by atoms with van der Waals surface area (Å²) in [4.78, 5) is 14.0. The molecule has 1 fully saturated rings. The molecule has 0 aliphatic carbocycles. The van der Waals surface area contributed by atoms with Crippen LogP contribution in [0.5, 0.6) is 0 Å². The summed E-state index contributed by atoms with van der Waals surface area (Å²) < 4.78 is 4.78. The van der Waals surface area contributed by atoms with Crippen molar-refractivity contribution in [1.29, 1.82) is 0 Å². The normalized spacial score (nSPS) is 23.4. The van der Waals surface area contributed by atoms with Crippen molar-refractivity contribution in [2.24, 2.45) is 0 Å². The van der Waals surface area contributed by atoms with E-state index in [0.29, 0.717) is 17.6 Å². The maximum atomic E-state index is 11.6. The summed E-state index contributed by atoms with van der Waals surface area (Å²) in [7, 11) is 3.58. The number of carbonyl (C=O) groups is 1. The molecule has 1 aliphatic heterocycles. The van der Waals surface area contributed by atoms with Gasteiger partial charge in [-0.1, -0.05) is 6.07 Å². The largest absolute Gasteiger partial charge is 0.465 e. The molecule has 2 rings (SSSR count). The van der Waals surface area contributed by atoms with Crippen molar-refractivity contribution in [1.82, 2.24) is 4.90 Å². The minimum Gasteiger partial charge on any atom is -0.465 e. The molecule has 2 unspecified atom stereocenters. The highest BCUT2D eigenvalue weighted by Gasteiger charge is 2.23. The van der Waals surface area contributed by atoms with Crippen molar-refractivity contribution in [3.05, 3.63) is 29.3 Å². The first-order valence-corrected chi connectivity index (χ1v) is 7.17. The van der Waals surface area contributed by atoms with E-state index in [1.165, 1.54) is 7.11 Å². The highest BCUT2D eigenvalue weighted by Crippen LogP contribution is 2.23. The first kappa shape index (κ1) is 14.9. The molecule has 2 atom stereocenters. The summed E-state index contributed by atoms with van der Waals surface area (Å²) in [5.41, 5.74) is 2.79. The van der Waals surface area contributed by atoms with Crippen LogP contribution >= 0.6 is 0 Å². The zero-order chi connectivity index (χ0) is 14.7. The SMILES string of the molecule is COC(=O)c1ccc(C)c(NC2CCN(C)C(C)C2)c1. The number of methoxy groups -OCH3 is 1. The van der Waals surface area contributed by atoms with E-state index < -0.39 is 0 Å². The van der Waals surface area contributed by atoms with Crippen LogP contribution in [0.15, 0.2) is 18.2 Å². The predicted molar refractivity (Wildman–Crippen MR) is 81.3 cm³/mol. The summed E-state index contributed by atoms with van der Waals surface area (Å²) in [6.45, 7) is 5.42. The smallest absolute Gasteiger partial charge is 0.337 e. The van der Waals surface area contributed by atoms with Gasteiger partial charge < -0.3 is 15.0 Å². The minimum atomic E-state index is -0.287. The van der Waals surface area contributed by atoms with Gasteiger partial charge in [0.1, 0.15) is 0 Å². The Bertz CT molecular complexity index is 487. The van der Waals surface area contributed by atoms with Crippen LogP contribution in [0, 0.1) is 6.92 Å². The quantitative estimate of drug-likeness (QED) is 0.862. The van der Waals surface area contributed by atoms with E-state index in [1.807, 2.05) is 18.2 Å². The van der Waals surface area contributed by atoms with Crippen LogP contribution in [-0.4, -0.2) is 43.7 Å². The van der Waals surface area contributed by atoms with Gasteiger partial charge in [-0.15, -0.1) is 0 Å². The first-order valence-electron chi connectivity index (χ1n) is 7.17. The lowest BCUT2D eigenvalue weighted by molar-refractivity contribution is 0.0601. The van der Waals surface area contributed by atoms with Gasteiger partial charge in [-0.2, -0.15) is 0 Å². The molecule has 20 heavy (non-hydrogen) atoms. The van der Waals surface area contributed by atoms with E-state index in [1.54, 1.807) is 0 Å². The van der Waals surface area contributed by atoms with E-state index in [2.05, 4.69) is 31.1 Å². The minimum absolute atomic E-state index is 0.287. The molecule has 0 spiro atoms. The standard InChI is InChI=1S/C16H24N2O2/c1-11-5-6-13(16(19)20-4)10-15(11)17-14-7-8-18(3)12(2)9-14/h5-6,10,12,14,17H,7-9H2,1-4H3. The van der Waals surface area contributed by atoms with Crippen molar-refractivity contribution in [2.75, 3.05) is 26.0 Å². The topological polar surface area (TPSA) is 41.6 Å². The fourth-order valence-corrected chi connectivity index (χ4v) is 2.66. The summed E-state index contributed by atoms with van der Waals surface area (Å²) in [6, 6.07) is 6.72. The number of nitrogens with zero attached hydrogens (tertiary/aromatic N) is 1. The molecule has 0 aromatic heterocycles. The monoisotopic (exact) mass is 276 g/mol. The van der Waals surface area contributed by atoms with E-state index in [9.17, 15) is 4.79 Å². The van der Waals surface area contributed by atoms with Gasteiger partial charge in [-0.25, -0.2) is 4.79 Å². The summed E-state index contributed by atoms with van der Waals surface area (Å²) in [6.07, 6.45) is 2.25. The van der Waals surface area contributed by atoms with E-state index >= 15 is 0 Å². The Kier molecular flexibility index (Phi) is 4.65. The number of ether oxygens (including phenoxy) is 1. The predicted octanol–water partition coefficient (Wildman–Crippen LogP) is 2.68. The van der Waals surface area contributed by atoms with Gasteiger partial charge in [0, 0.05) is 24.3 Å². The molecular formula is C16H24N2O2. The molecule has 110 valence electrons. The van der Waals surface area contributed by atoms with Crippen molar-refractivity contribution in [3.8, 4) is 0 Å².